The van der Waals surface area contributed by atoms with Gasteiger partial charge < -0.3 is 4.57 Å². The summed E-state index contributed by atoms with van der Waals surface area (Å²) in [5.41, 5.74) is 4.57. The van der Waals surface area contributed by atoms with Crippen LogP contribution in [0.4, 0.5) is 0 Å². The number of aromatic nitrogens is 9. The monoisotopic (exact) mass is 455 g/mol. The minimum Gasteiger partial charge on any atom is -0.317 e. The zero-order chi connectivity index (χ0) is 23.5. The van der Waals surface area contributed by atoms with Crippen LogP contribution in [0.2, 0.25) is 0 Å². The Kier molecular flexibility index (Phi) is 5.86. The summed E-state index contributed by atoms with van der Waals surface area (Å²) in [6.45, 7) is 5.26. The van der Waals surface area contributed by atoms with E-state index < -0.39 is 0 Å². The SMILES string of the molecule is CCCc1cn(-c2nccn2CC)c(=O)n1Cc1cc(-c2cccc(-c3nnn[nH]3)c2)ccn1. The fourth-order valence-electron chi connectivity index (χ4n) is 4.10. The molecule has 172 valence electrons. The summed E-state index contributed by atoms with van der Waals surface area (Å²) in [6, 6.07) is 11.9. The van der Waals surface area contributed by atoms with Crippen LogP contribution in [0.25, 0.3) is 28.5 Å². The Bertz CT molecular complexity index is 1460. The molecule has 0 aliphatic heterocycles. The van der Waals surface area contributed by atoms with Gasteiger partial charge in [-0.2, -0.15) is 0 Å². The van der Waals surface area contributed by atoms with Crippen molar-refractivity contribution < 1.29 is 0 Å². The lowest BCUT2D eigenvalue weighted by Gasteiger charge is -2.09. The van der Waals surface area contributed by atoms with Crippen molar-refractivity contribution in [3.63, 3.8) is 0 Å². The van der Waals surface area contributed by atoms with Gasteiger partial charge in [0.05, 0.1) is 12.2 Å². The molecule has 0 fully saturated rings. The molecule has 0 spiro atoms. The van der Waals surface area contributed by atoms with E-state index in [1.54, 1.807) is 21.5 Å². The van der Waals surface area contributed by atoms with Gasteiger partial charge in [-0.3, -0.25) is 9.55 Å². The number of nitrogens with zero attached hydrogens (tertiary/aromatic N) is 8. The maximum Gasteiger partial charge on any atom is 0.335 e. The molecule has 10 nitrogen and oxygen atoms in total. The Morgan fingerprint density at radius 2 is 1.85 bits per heavy atom. The number of imidazole rings is 2. The quantitative estimate of drug-likeness (QED) is 0.385. The van der Waals surface area contributed by atoms with Gasteiger partial charge in [-0.1, -0.05) is 31.5 Å². The summed E-state index contributed by atoms with van der Waals surface area (Å²) in [5.74, 6) is 1.24. The second-order valence-corrected chi connectivity index (χ2v) is 7.99. The van der Waals surface area contributed by atoms with E-state index in [-0.39, 0.29) is 5.69 Å². The highest BCUT2D eigenvalue weighted by molar-refractivity contribution is 5.70. The minimum absolute atomic E-state index is 0.114. The molecule has 4 heterocycles. The molecule has 0 bridgehead atoms. The van der Waals surface area contributed by atoms with Gasteiger partial charge in [0.25, 0.3) is 0 Å². The van der Waals surface area contributed by atoms with Crippen LogP contribution in [0.1, 0.15) is 31.7 Å². The number of pyridine rings is 1. The van der Waals surface area contributed by atoms with Crippen molar-refractivity contribution in [2.75, 3.05) is 0 Å². The summed E-state index contributed by atoms with van der Waals surface area (Å²) >= 11 is 0. The van der Waals surface area contributed by atoms with E-state index in [0.29, 0.717) is 18.3 Å². The summed E-state index contributed by atoms with van der Waals surface area (Å²) in [5, 5.41) is 14.1. The summed E-state index contributed by atoms with van der Waals surface area (Å²) in [4.78, 5) is 22.3. The van der Waals surface area contributed by atoms with E-state index >= 15 is 0 Å². The predicted octanol–water partition coefficient (Wildman–Crippen LogP) is 3.10. The topological polar surface area (TPSA) is 112 Å². The lowest BCUT2D eigenvalue weighted by Crippen LogP contribution is -2.26. The molecule has 0 amide bonds. The zero-order valence-corrected chi connectivity index (χ0v) is 19.1. The first-order chi connectivity index (χ1) is 16.7. The Morgan fingerprint density at radius 1 is 1.00 bits per heavy atom. The number of hydrogen-bond donors (Lipinski definition) is 1. The molecular weight excluding hydrogens is 430 g/mol. The molecule has 0 saturated carbocycles. The molecule has 5 aromatic rings. The number of nitrogens with one attached hydrogen (secondary N) is 1. The first kappa shape index (κ1) is 21.5. The number of H-pyrrole nitrogens is 1. The second-order valence-electron chi connectivity index (χ2n) is 7.99. The van der Waals surface area contributed by atoms with Gasteiger partial charge in [0.15, 0.2) is 5.82 Å². The number of aryl methyl sites for hydroxylation is 2. The number of rotatable bonds is 8. The van der Waals surface area contributed by atoms with Crippen molar-refractivity contribution in [2.24, 2.45) is 0 Å². The Labute approximate surface area is 195 Å². The highest BCUT2D eigenvalue weighted by Gasteiger charge is 2.16. The van der Waals surface area contributed by atoms with Crippen LogP contribution < -0.4 is 5.69 Å². The third kappa shape index (κ3) is 4.05. The van der Waals surface area contributed by atoms with Crippen LogP contribution >= 0.6 is 0 Å². The Balaban J connectivity index is 1.50. The molecule has 1 aromatic carbocycles. The van der Waals surface area contributed by atoms with E-state index in [1.165, 1.54) is 0 Å². The average Bonchev–Trinajstić information content (AvgIpc) is 3.62. The van der Waals surface area contributed by atoms with Crippen LogP contribution in [0.15, 0.2) is 66.0 Å². The first-order valence-electron chi connectivity index (χ1n) is 11.3. The minimum atomic E-state index is -0.114. The van der Waals surface area contributed by atoms with E-state index in [0.717, 1.165) is 47.5 Å². The van der Waals surface area contributed by atoms with Crippen LogP contribution in [0.5, 0.6) is 0 Å². The molecule has 0 aliphatic rings. The Morgan fingerprint density at radius 3 is 2.65 bits per heavy atom. The largest absolute Gasteiger partial charge is 0.335 e. The normalized spacial score (nSPS) is 11.2. The molecule has 0 aliphatic carbocycles. The molecule has 0 atom stereocenters. The number of aromatic amines is 1. The summed E-state index contributed by atoms with van der Waals surface area (Å²) in [6.07, 6.45) is 9.00. The van der Waals surface area contributed by atoms with E-state index in [2.05, 4.69) is 37.5 Å². The van der Waals surface area contributed by atoms with Gasteiger partial charge in [0, 0.05) is 42.6 Å². The third-order valence-corrected chi connectivity index (χ3v) is 5.77. The predicted molar refractivity (Wildman–Crippen MR) is 127 cm³/mol. The number of hydrogen-bond acceptors (Lipinski definition) is 6. The van der Waals surface area contributed by atoms with E-state index in [9.17, 15) is 4.79 Å². The smallest absolute Gasteiger partial charge is 0.317 e. The lowest BCUT2D eigenvalue weighted by atomic mass is 10.0. The molecule has 1 N–H and O–H groups in total. The fraction of sp³-hybridized carbons (Fsp3) is 0.250. The average molecular weight is 456 g/mol. The van der Waals surface area contributed by atoms with Gasteiger partial charge >= 0.3 is 5.69 Å². The highest BCUT2D eigenvalue weighted by atomic mass is 16.1. The molecule has 5 rings (SSSR count). The van der Waals surface area contributed by atoms with Crippen molar-refractivity contribution in [3.05, 3.63) is 83.1 Å². The lowest BCUT2D eigenvalue weighted by molar-refractivity contribution is 0.662. The van der Waals surface area contributed by atoms with Crippen molar-refractivity contribution in [3.8, 4) is 28.5 Å². The van der Waals surface area contributed by atoms with Crippen LogP contribution in [0.3, 0.4) is 0 Å². The van der Waals surface area contributed by atoms with Crippen molar-refractivity contribution >= 4 is 0 Å². The first-order valence-corrected chi connectivity index (χ1v) is 11.3. The molecule has 4 aromatic heterocycles. The van der Waals surface area contributed by atoms with Crippen molar-refractivity contribution in [2.45, 2.75) is 39.8 Å². The molecule has 10 heteroatoms. The summed E-state index contributed by atoms with van der Waals surface area (Å²) in [7, 11) is 0. The maximum absolute atomic E-state index is 13.4. The molecular formula is C24H25N9O. The van der Waals surface area contributed by atoms with E-state index in [1.807, 2.05) is 60.3 Å². The van der Waals surface area contributed by atoms with E-state index in [4.69, 9.17) is 0 Å². The van der Waals surface area contributed by atoms with Crippen LogP contribution in [-0.2, 0) is 19.5 Å². The third-order valence-electron chi connectivity index (χ3n) is 5.77. The van der Waals surface area contributed by atoms with Gasteiger partial charge in [0.2, 0.25) is 5.95 Å². The molecule has 0 saturated heterocycles. The standard InChI is InChI=1S/C24H25N9O/c1-3-6-21-16-33(23-26-11-12-31(23)4-2)24(34)32(21)15-20-14-18(9-10-25-20)17-7-5-8-19(13-17)22-27-29-30-28-22/h5,7-14,16H,3-4,6,15H2,1-2H3,(H,27,28,29,30). The fourth-order valence-corrected chi connectivity index (χ4v) is 4.10. The van der Waals surface area contributed by atoms with Gasteiger partial charge in [0.1, 0.15) is 0 Å². The number of tetrazole rings is 1. The second kappa shape index (κ2) is 9.26. The van der Waals surface area contributed by atoms with Crippen LogP contribution in [0, 0.1) is 0 Å². The molecule has 0 radical (unpaired) electrons. The maximum atomic E-state index is 13.4. The molecule has 34 heavy (non-hydrogen) atoms. The number of benzene rings is 1. The van der Waals surface area contributed by atoms with Gasteiger partial charge in [-0.15, -0.1) is 5.10 Å². The van der Waals surface area contributed by atoms with Crippen molar-refractivity contribution in [1.82, 2.24) is 44.3 Å². The Hall–Kier alpha value is -4.34. The van der Waals surface area contributed by atoms with Crippen molar-refractivity contribution in [1.29, 1.82) is 0 Å². The molecule has 0 unspecified atom stereocenters. The zero-order valence-electron chi connectivity index (χ0n) is 19.1. The summed E-state index contributed by atoms with van der Waals surface area (Å²) < 4.78 is 5.38. The van der Waals surface area contributed by atoms with Gasteiger partial charge in [-0.25, -0.2) is 19.4 Å². The van der Waals surface area contributed by atoms with Crippen LogP contribution in [-0.4, -0.2) is 44.3 Å². The highest BCUT2D eigenvalue weighted by Crippen LogP contribution is 2.24. The van der Waals surface area contributed by atoms with Gasteiger partial charge in [-0.05, 0) is 53.1 Å².